The first kappa shape index (κ1) is 29.6. The van der Waals surface area contributed by atoms with E-state index in [1.54, 1.807) is 29.2 Å². The number of aliphatic hydroxyl groups is 2. The van der Waals surface area contributed by atoms with Gasteiger partial charge in [0.1, 0.15) is 17.3 Å². The Morgan fingerprint density at radius 1 is 1.00 bits per heavy atom. The van der Waals surface area contributed by atoms with Crippen LogP contribution in [0.25, 0.3) is 10.9 Å². The first-order valence-corrected chi connectivity index (χ1v) is 13.8. The van der Waals surface area contributed by atoms with Crippen LogP contribution in [0.5, 0.6) is 0 Å². The normalized spacial score (nSPS) is 19.6. The fraction of sp³-hybridized carbons (Fsp3) is 0.414. The minimum Gasteiger partial charge on any atom is -0.394 e. The van der Waals surface area contributed by atoms with E-state index in [-0.39, 0.29) is 37.6 Å². The monoisotopic (exact) mass is 585 g/mol. The number of hydrogen-bond donors (Lipinski definition) is 4. The number of aromatic nitrogens is 1. The molecule has 224 valence electrons. The molecule has 0 spiro atoms. The number of hydrogen-bond acceptors (Lipinski definition) is 7. The Kier molecular flexibility index (Phi) is 8.82. The van der Waals surface area contributed by atoms with Crippen molar-refractivity contribution in [1.29, 1.82) is 0 Å². The molecule has 1 unspecified atom stereocenters. The number of halogens is 2. The smallest absolute Gasteiger partial charge is 0.270 e. The van der Waals surface area contributed by atoms with Gasteiger partial charge in [0.2, 0.25) is 5.60 Å². The van der Waals surface area contributed by atoms with Crippen LogP contribution in [0.3, 0.4) is 0 Å². The van der Waals surface area contributed by atoms with E-state index in [0.717, 1.165) is 18.7 Å². The van der Waals surface area contributed by atoms with Crippen molar-refractivity contribution in [2.45, 2.75) is 18.6 Å². The number of carbonyl (C=O) groups is 3. The lowest BCUT2D eigenvalue weighted by Gasteiger charge is -2.34. The first-order valence-electron chi connectivity index (χ1n) is 13.8. The highest BCUT2D eigenvalue weighted by atomic mass is 19.1. The Bertz CT molecular complexity index is 1450. The number of anilines is 1. The van der Waals surface area contributed by atoms with Crippen LogP contribution in [-0.2, 0) is 20.9 Å². The predicted molar refractivity (Wildman–Crippen MR) is 149 cm³/mol. The molecule has 13 heteroatoms. The second-order valence-corrected chi connectivity index (χ2v) is 10.5. The molecule has 1 aromatic heterocycles. The molecule has 2 aliphatic rings. The van der Waals surface area contributed by atoms with Crippen LogP contribution in [0.15, 0.2) is 42.5 Å². The van der Waals surface area contributed by atoms with E-state index in [1.165, 1.54) is 4.90 Å². The topological polar surface area (TPSA) is 138 Å². The van der Waals surface area contributed by atoms with Gasteiger partial charge in [-0.2, -0.15) is 0 Å². The Morgan fingerprint density at radius 2 is 1.74 bits per heavy atom. The van der Waals surface area contributed by atoms with E-state index in [0.29, 0.717) is 67.7 Å². The summed E-state index contributed by atoms with van der Waals surface area (Å²) in [5.74, 6) is -3.49. The molecule has 0 saturated carbocycles. The Balaban J connectivity index is 1.20. The fourth-order valence-corrected chi connectivity index (χ4v) is 5.31. The maximum atomic E-state index is 13.5. The number of piperazine rings is 1. The summed E-state index contributed by atoms with van der Waals surface area (Å²) in [6.07, 6.45) is -0.163. The molecule has 3 amide bonds. The van der Waals surface area contributed by atoms with Crippen LogP contribution >= 0.6 is 0 Å². The molecule has 2 fully saturated rings. The molecule has 1 atom stereocenters. The highest BCUT2D eigenvalue weighted by Gasteiger charge is 2.51. The second-order valence-electron chi connectivity index (χ2n) is 10.5. The Hall–Kier alpha value is -3.91. The summed E-state index contributed by atoms with van der Waals surface area (Å²) >= 11 is 0. The molecule has 4 N–H and O–H groups in total. The number of rotatable bonds is 10. The van der Waals surface area contributed by atoms with Gasteiger partial charge in [0.15, 0.2) is 0 Å². The largest absolute Gasteiger partial charge is 0.394 e. The van der Waals surface area contributed by atoms with Crippen molar-refractivity contribution >= 4 is 34.3 Å². The third kappa shape index (κ3) is 6.28. The van der Waals surface area contributed by atoms with Gasteiger partial charge < -0.3 is 35.1 Å². The lowest BCUT2D eigenvalue weighted by Crippen LogP contribution is -2.52. The summed E-state index contributed by atoms with van der Waals surface area (Å²) in [5, 5.41) is 22.8. The molecule has 5 rings (SSSR count). The summed E-state index contributed by atoms with van der Waals surface area (Å²) in [4.78, 5) is 47.5. The number of benzene rings is 2. The van der Waals surface area contributed by atoms with Gasteiger partial charge in [0.25, 0.3) is 17.7 Å². The van der Waals surface area contributed by atoms with Gasteiger partial charge in [-0.15, -0.1) is 0 Å². The lowest BCUT2D eigenvalue weighted by atomic mass is 10.0. The van der Waals surface area contributed by atoms with Crippen molar-refractivity contribution in [2.75, 3.05) is 64.0 Å². The number of amides is 3. The van der Waals surface area contributed by atoms with Crippen molar-refractivity contribution in [1.82, 2.24) is 20.1 Å². The van der Waals surface area contributed by atoms with Crippen LogP contribution in [0.4, 0.5) is 14.5 Å². The van der Waals surface area contributed by atoms with Gasteiger partial charge in [-0.05, 0) is 42.0 Å². The van der Waals surface area contributed by atoms with Crippen molar-refractivity contribution in [2.24, 2.45) is 0 Å². The number of nitrogens with one attached hydrogen (secondary N) is 2. The van der Waals surface area contributed by atoms with E-state index in [2.05, 4.69) is 15.2 Å². The van der Waals surface area contributed by atoms with Gasteiger partial charge in [0, 0.05) is 74.9 Å². The van der Waals surface area contributed by atoms with E-state index in [1.807, 2.05) is 0 Å². The van der Waals surface area contributed by atoms with Gasteiger partial charge in [-0.25, -0.2) is 8.78 Å². The third-order valence-electron chi connectivity index (χ3n) is 7.64. The molecular formula is C29H33F2N5O6. The summed E-state index contributed by atoms with van der Waals surface area (Å²) in [5.41, 5.74) is -0.602. The highest BCUT2D eigenvalue weighted by molar-refractivity contribution is 6.16. The van der Waals surface area contributed by atoms with E-state index in [4.69, 9.17) is 9.84 Å². The van der Waals surface area contributed by atoms with E-state index in [9.17, 15) is 28.3 Å². The molecule has 0 aliphatic carbocycles. The molecule has 42 heavy (non-hydrogen) atoms. The van der Waals surface area contributed by atoms with Crippen molar-refractivity contribution in [3.63, 3.8) is 0 Å². The SMILES string of the molecule is O=C(c1cc2cc(N3CCC(O)(C(=O)NCc4cc(F)cc(F)c4)C3=O)ccc2[nH]1)N1CCN(CCOCCO)CC1. The number of nitrogens with zero attached hydrogens (tertiary/aromatic N) is 3. The Labute approximate surface area is 240 Å². The van der Waals surface area contributed by atoms with Crippen LogP contribution < -0.4 is 10.2 Å². The molecular weight excluding hydrogens is 552 g/mol. The van der Waals surface area contributed by atoms with Crippen LogP contribution in [0.1, 0.15) is 22.5 Å². The van der Waals surface area contributed by atoms with Crippen molar-refractivity contribution < 1.29 is 38.1 Å². The summed E-state index contributed by atoms with van der Waals surface area (Å²) in [6.45, 7) is 3.93. The predicted octanol–water partition coefficient (Wildman–Crippen LogP) is 0.997. The number of ether oxygens (including phenoxy) is 1. The standard InChI is InChI=1S/C29H33F2N5O6/c30-21-13-19(14-22(31)17-21)18-32-27(39)29(41)3-4-36(28(29)40)23-1-2-24-20(15-23)16-25(33-24)26(38)35-7-5-34(6-8-35)9-11-42-12-10-37/h1-2,13-17,33,37,41H,3-12,18H2,(H,32,39). The molecule has 0 bridgehead atoms. The molecule has 0 radical (unpaired) electrons. The minimum absolute atomic E-state index is 0.00856. The van der Waals surface area contributed by atoms with E-state index >= 15 is 0 Å². The average Bonchev–Trinajstić information content (AvgIpc) is 3.54. The minimum atomic E-state index is -2.33. The van der Waals surface area contributed by atoms with Crippen LogP contribution in [0, 0.1) is 11.6 Å². The van der Waals surface area contributed by atoms with Gasteiger partial charge in [-0.1, -0.05) is 0 Å². The molecule has 2 saturated heterocycles. The van der Waals surface area contributed by atoms with Crippen LogP contribution in [-0.4, -0.2) is 107 Å². The molecule has 2 aliphatic heterocycles. The van der Waals surface area contributed by atoms with Crippen molar-refractivity contribution in [3.8, 4) is 0 Å². The molecule has 2 aromatic carbocycles. The van der Waals surface area contributed by atoms with Crippen molar-refractivity contribution in [3.05, 3.63) is 65.4 Å². The quantitative estimate of drug-likeness (QED) is 0.206. The maximum Gasteiger partial charge on any atom is 0.270 e. The molecule has 11 nitrogen and oxygen atoms in total. The highest BCUT2D eigenvalue weighted by Crippen LogP contribution is 2.31. The summed E-state index contributed by atoms with van der Waals surface area (Å²) in [7, 11) is 0. The zero-order chi connectivity index (χ0) is 29.9. The van der Waals surface area contributed by atoms with Gasteiger partial charge in [0.05, 0.1) is 19.8 Å². The number of aliphatic hydroxyl groups excluding tert-OH is 1. The fourth-order valence-electron chi connectivity index (χ4n) is 5.31. The maximum absolute atomic E-state index is 13.5. The number of carbonyl (C=O) groups excluding carboxylic acids is 3. The average molecular weight is 586 g/mol. The van der Waals surface area contributed by atoms with Gasteiger partial charge in [-0.3, -0.25) is 19.3 Å². The lowest BCUT2D eigenvalue weighted by molar-refractivity contribution is -0.149. The zero-order valence-corrected chi connectivity index (χ0v) is 22.9. The molecule has 3 aromatic rings. The molecule has 3 heterocycles. The zero-order valence-electron chi connectivity index (χ0n) is 22.9. The third-order valence-corrected chi connectivity index (χ3v) is 7.64. The number of H-pyrrole nitrogens is 1. The van der Waals surface area contributed by atoms with Gasteiger partial charge >= 0.3 is 0 Å². The number of fused-ring (bicyclic) bond motifs is 1. The van der Waals surface area contributed by atoms with Crippen LogP contribution in [0.2, 0.25) is 0 Å². The number of aromatic amines is 1. The first-order chi connectivity index (χ1) is 20.2. The summed E-state index contributed by atoms with van der Waals surface area (Å²) in [6, 6.07) is 9.64. The summed E-state index contributed by atoms with van der Waals surface area (Å²) < 4.78 is 32.2. The van der Waals surface area contributed by atoms with E-state index < -0.39 is 29.0 Å². The second kappa shape index (κ2) is 12.5. The Morgan fingerprint density at radius 3 is 2.45 bits per heavy atom.